The number of para-hydroxylation sites is 1. The molecule has 0 aromatic heterocycles. The van der Waals surface area contributed by atoms with Gasteiger partial charge in [-0.15, -0.1) is 0 Å². The van der Waals surface area contributed by atoms with Crippen LogP contribution in [0.4, 0.5) is 5.69 Å². The second-order valence-corrected chi connectivity index (χ2v) is 15.3. The van der Waals surface area contributed by atoms with Crippen molar-refractivity contribution in [1.82, 2.24) is 0 Å². The number of hydrogen-bond donors (Lipinski definition) is 2. The van der Waals surface area contributed by atoms with Crippen molar-refractivity contribution in [2.24, 2.45) is 44.8 Å². The molecule has 222 valence electrons. The smallest absolute Gasteiger partial charge is 0.303 e. The highest BCUT2D eigenvalue weighted by Gasteiger charge is 2.68. The zero-order chi connectivity index (χ0) is 30.0. The summed E-state index contributed by atoms with van der Waals surface area (Å²) in [7, 11) is 0. The molecule has 3 saturated carbocycles. The van der Waals surface area contributed by atoms with Gasteiger partial charge >= 0.3 is 5.97 Å². The van der Waals surface area contributed by atoms with Crippen LogP contribution < -0.4 is 5.32 Å². The Morgan fingerprint density at radius 1 is 1.00 bits per heavy atom. The number of aliphatic carboxylic acids is 1. The highest BCUT2D eigenvalue weighted by atomic mass is 16.4. The summed E-state index contributed by atoms with van der Waals surface area (Å²) >= 11 is 0. The summed E-state index contributed by atoms with van der Waals surface area (Å²) in [4.78, 5) is 39.9. The van der Waals surface area contributed by atoms with E-state index in [2.05, 4.69) is 46.5 Å². The first-order valence-electron chi connectivity index (χ1n) is 15.6. The van der Waals surface area contributed by atoms with Gasteiger partial charge in [0.1, 0.15) is 0 Å². The van der Waals surface area contributed by atoms with Crippen LogP contribution in [0.15, 0.2) is 54.1 Å². The highest BCUT2D eigenvalue weighted by molar-refractivity contribution is 5.96. The Kier molecular flexibility index (Phi) is 7.23. The van der Waals surface area contributed by atoms with Gasteiger partial charge in [-0.2, -0.15) is 0 Å². The molecule has 2 N–H and O–H groups in total. The fraction of sp³-hybridized carbons (Fsp3) is 0.639. The number of allylic oxidation sites excluding steroid dienone is 3. The maximum Gasteiger partial charge on any atom is 0.303 e. The monoisotopic (exact) mass is 559 g/mol. The molecule has 0 heterocycles. The van der Waals surface area contributed by atoms with E-state index < -0.39 is 16.8 Å². The zero-order valence-electron chi connectivity index (χ0n) is 25.9. The van der Waals surface area contributed by atoms with Crippen molar-refractivity contribution < 1.29 is 19.5 Å². The van der Waals surface area contributed by atoms with Gasteiger partial charge in [-0.25, -0.2) is 0 Å². The minimum Gasteiger partial charge on any atom is -0.481 e. The van der Waals surface area contributed by atoms with Gasteiger partial charge in [0.05, 0.1) is 0 Å². The summed E-state index contributed by atoms with van der Waals surface area (Å²) < 4.78 is 0. The second-order valence-electron chi connectivity index (χ2n) is 15.3. The first kappa shape index (κ1) is 29.8. The van der Waals surface area contributed by atoms with E-state index in [-0.39, 0.29) is 52.1 Å². The molecule has 4 aliphatic carbocycles. The first-order valence-corrected chi connectivity index (χ1v) is 15.6. The van der Waals surface area contributed by atoms with Crippen LogP contribution in [0, 0.1) is 44.8 Å². The number of carbonyl (C=O) groups is 3. The lowest BCUT2D eigenvalue weighted by Gasteiger charge is -2.68. The number of fused-ring (bicyclic) bond motifs is 5. The molecule has 1 aromatic carbocycles. The maximum absolute atomic E-state index is 14.4. The lowest BCUT2D eigenvalue weighted by molar-refractivity contribution is -0.164. The minimum absolute atomic E-state index is 0.0584. The molecule has 0 saturated heterocycles. The van der Waals surface area contributed by atoms with Crippen molar-refractivity contribution in [3.05, 3.63) is 54.1 Å². The lowest BCUT2D eigenvalue weighted by atomic mass is 9.35. The number of rotatable bonds is 6. The number of amides is 1. The van der Waals surface area contributed by atoms with Crippen molar-refractivity contribution >= 4 is 23.3 Å². The van der Waals surface area contributed by atoms with Crippen LogP contribution in [0.1, 0.15) is 99.3 Å². The van der Waals surface area contributed by atoms with E-state index in [1.807, 2.05) is 43.3 Å². The Balaban J connectivity index is 1.54. The number of nitrogens with one attached hydrogen (secondary N) is 1. The van der Waals surface area contributed by atoms with Gasteiger partial charge in [-0.3, -0.25) is 14.4 Å². The second kappa shape index (κ2) is 9.95. The molecule has 0 spiro atoms. The third-order valence-corrected chi connectivity index (χ3v) is 12.9. The number of ketones is 1. The maximum atomic E-state index is 14.4. The molecule has 8 atom stereocenters. The Morgan fingerprint density at radius 3 is 2.29 bits per heavy atom. The molecule has 0 radical (unpaired) electrons. The topological polar surface area (TPSA) is 83.5 Å². The molecule has 0 aliphatic heterocycles. The van der Waals surface area contributed by atoms with Crippen LogP contribution in [0.25, 0.3) is 0 Å². The van der Waals surface area contributed by atoms with Crippen molar-refractivity contribution in [3.63, 3.8) is 0 Å². The molecule has 0 bridgehead atoms. The van der Waals surface area contributed by atoms with Crippen molar-refractivity contribution in [2.75, 3.05) is 5.32 Å². The lowest BCUT2D eigenvalue weighted by Crippen LogP contribution is -2.63. The van der Waals surface area contributed by atoms with Crippen LogP contribution in [0.3, 0.4) is 0 Å². The SMILES string of the molecule is C=C(C)C1CC[C@]2(C)C(C(=O)C=C3[C@@H]4C[C@@](C)(C(=O)Nc5ccccc5)CC[C@]4(C)CC[C@]32C)[C@@]1(C)CCC(=O)O. The molecular formula is C36H49NO4. The van der Waals surface area contributed by atoms with Gasteiger partial charge < -0.3 is 10.4 Å². The Hall–Kier alpha value is -2.69. The van der Waals surface area contributed by atoms with Crippen LogP contribution >= 0.6 is 0 Å². The van der Waals surface area contributed by atoms with Gasteiger partial charge in [-0.05, 0) is 110 Å². The molecule has 1 aromatic rings. The zero-order valence-corrected chi connectivity index (χ0v) is 25.9. The summed E-state index contributed by atoms with van der Waals surface area (Å²) in [5, 5.41) is 12.8. The number of hydrogen-bond acceptors (Lipinski definition) is 3. The fourth-order valence-electron chi connectivity index (χ4n) is 10.1. The number of carboxylic acid groups (broad SMARTS) is 1. The quantitative estimate of drug-likeness (QED) is 0.344. The van der Waals surface area contributed by atoms with Gasteiger partial charge in [0.15, 0.2) is 5.78 Å². The standard InChI is InChI=1S/C36H49NO4/c1-23(2)25-13-16-36(7)30(34(25,5)15-14-29(39)40)28(38)21-26-27-22-33(4,31(41)37-24-11-9-8-10-12-24)18-17-32(27,3)19-20-35(26,36)6/h8-12,21,25,27,30H,1,13-20,22H2,2-7H3,(H,37,41)(H,39,40)/t25?,27-,30?,32+,33-,34-,35+,36+/m0/s1. The van der Waals surface area contributed by atoms with E-state index in [9.17, 15) is 19.5 Å². The molecule has 3 fully saturated rings. The van der Waals surface area contributed by atoms with Crippen LogP contribution in [0.5, 0.6) is 0 Å². The third kappa shape index (κ3) is 4.53. The van der Waals surface area contributed by atoms with Gasteiger partial charge in [-0.1, -0.05) is 70.5 Å². The number of carboxylic acids is 1. The predicted octanol–water partition coefficient (Wildman–Crippen LogP) is 8.23. The normalized spacial score (nSPS) is 41.8. The molecule has 4 aliphatic rings. The molecule has 1 amide bonds. The number of anilines is 1. The highest BCUT2D eigenvalue weighted by Crippen LogP contribution is 2.73. The predicted molar refractivity (Wildman–Crippen MR) is 163 cm³/mol. The van der Waals surface area contributed by atoms with E-state index in [1.165, 1.54) is 5.57 Å². The molecule has 5 heteroatoms. The van der Waals surface area contributed by atoms with Crippen molar-refractivity contribution in [1.29, 1.82) is 0 Å². The largest absolute Gasteiger partial charge is 0.481 e. The van der Waals surface area contributed by atoms with E-state index in [4.69, 9.17) is 0 Å². The third-order valence-electron chi connectivity index (χ3n) is 12.9. The van der Waals surface area contributed by atoms with Crippen LogP contribution in [-0.2, 0) is 14.4 Å². The van der Waals surface area contributed by atoms with Gasteiger partial charge in [0, 0.05) is 23.4 Å². The number of benzene rings is 1. The Labute approximate surface area is 246 Å². The molecule has 5 nitrogen and oxygen atoms in total. The summed E-state index contributed by atoms with van der Waals surface area (Å²) in [5.41, 5.74) is 1.73. The van der Waals surface area contributed by atoms with Crippen LogP contribution in [-0.4, -0.2) is 22.8 Å². The van der Waals surface area contributed by atoms with E-state index in [1.54, 1.807) is 0 Å². The van der Waals surface area contributed by atoms with E-state index in [0.29, 0.717) is 6.42 Å². The first-order chi connectivity index (χ1) is 19.1. The molecule has 5 rings (SSSR count). The average molecular weight is 560 g/mol. The molecule has 41 heavy (non-hydrogen) atoms. The van der Waals surface area contributed by atoms with Gasteiger partial charge in [0.25, 0.3) is 0 Å². The van der Waals surface area contributed by atoms with Crippen LogP contribution in [0.2, 0.25) is 0 Å². The summed E-state index contributed by atoms with van der Waals surface area (Å²) in [6, 6.07) is 9.68. The summed E-state index contributed by atoms with van der Waals surface area (Å²) in [5.74, 6) is -0.562. The summed E-state index contributed by atoms with van der Waals surface area (Å²) in [6.07, 6.45) is 9.00. The Morgan fingerprint density at radius 2 is 1.66 bits per heavy atom. The molecular weight excluding hydrogens is 510 g/mol. The van der Waals surface area contributed by atoms with Gasteiger partial charge in [0.2, 0.25) is 5.91 Å². The van der Waals surface area contributed by atoms with Crippen molar-refractivity contribution in [3.8, 4) is 0 Å². The average Bonchev–Trinajstić information content (AvgIpc) is 2.90. The van der Waals surface area contributed by atoms with E-state index in [0.717, 1.165) is 56.2 Å². The molecule has 2 unspecified atom stereocenters. The van der Waals surface area contributed by atoms with E-state index >= 15 is 0 Å². The summed E-state index contributed by atoms with van der Waals surface area (Å²) in [6.45, 7) is 17.7. The minimum atomic E-state index is -0.812. The number of carbonyl (C=O) groups excluding carboxylic acids is 2. The Bertz CT molecular complexity index is 1300. The van der Waals surface area contributed by atoms with Crippen molar-refractivity contribution in [2.45, 2.75) is 99.3 Å². The fourth-order valence-corrected chi connectivity index (χ4v) is 10.1.